The van der Waals surface area contributed by atoms with E-state index < -0.39 is 36.8 Å². The highest BCUT2D eigenvalue weighted by atomic mass is 16.5. The Bertz CT molecular complexity index is 575. The molecule has 0 unspecified atom stereocenters. The van der Waals surface area contributed by atoms with Crippen LogP contribution >= 0.6 is 0 Å². The van der Waals surface area contributed by atoms with Gasteiger partial charge in [-0.05, 0) is 24.1 Å². The van der Waals surface area contributed by atoms with Crippen LogP contribution in [0.4, 0.5) is 0 Å². The van der Waals surface area contributed by atoms with Crippen molar-refractivity contribution in [3.8, 4) is 11.5 Å². The first-order valence-electron chi connectivity index (χ1n) is 7.55. The van der Waals surface area contributed by atoms with Crippen LogP contribution in [0.5, 0.6) is 11.5 Å². The van der Waals surface area contributed by atoms with Crippen molar-refractivity contribution in [1.29, 1.82) is 0 Å². The summed E-state index contributed by atoms with van der Waals surface area (Å²) in [7, 11) is 2.66. The molecule has 0 radical (unpaired) electrons. The Morgan fingerprint density at radius 1 is 1.12 bits per heavy atom. The zero-order chi connectivity index (χ0) is 19.1. The standard InChI is InChI=1S/C17H24O8/c1-4-5-9-6-11(24-2)13(12(7-9)25-3)15(21)17(23)16(22)14(20)10(19)8-18/h4,6-7,10,14,16-20,22-23H,1,5,8H2,2-3H3/t10-,14-,16+,17+/m1/s1. The van der Waals surface area contributed by atoms with Crippen molar-refractivity contribution in [3.63, 3.8) is 0 Å². The summed E-state index contributed by atoms with van der Waals surface area (Å²) in [6.07, 6.45) is -5.56. The number of methoxy groups -OCH3 is 2. The van der Waals surface area contributed by atoms with Gasteiger partial charge in [-0.3, -0.25) is 4.79 Å². The second kappa shape index (κ2) is 9.50. The third-order valence-corrected chi connectivity index (χ3v) is 3.72. The molecule has 140 valence electrons. The number of hydrogen-bond donors (Lipinski definition) is 5. The number of carbonyl (C=O) groups excluding carboxylic acids is 1. The van der Waals surface area contributed by atoms with Gasteiger partial charge in [0.2, 0.25) is 5.78 Å². The molecule has 1 aromatic carbocycles. The molecular formula is C17H24O8. The number of Topliss-reactive ketones (excluding diaryl/α,β-unsaturated/α-hetero) is 1. The van der Waals surface area contributed by atoms with E-state index in [0.29, 0.717) is 6.42 Å². The Morgan fingerprint density at radius 3 is 2.04 bits per heavy atom. The Hall–Kier alpha value is -1.97. The first-order chi connectivity index (χ1) is 11.8. The average molecular weight is 356 g/mol. The molecule has 1 rings (SSSR count). The molecule has 5 N–H and O–H groups in total. The molecule has 0 amide bonds. The van der Waals surface area contributed by atoms with E-state index in [-0.39, 0.29) is 17.1 Å². The first-order valence-corrected chi connectivity index (χ1v) is 7.55. The van der Waals surface area contributed by atoms with Gasteiger partial charge in [-0.15, -0.1) is 6.58 Å². The lowest BCUT2D eigenvalue weighted by Gasteiger charge is -2.25. The number of ether oxygens (including phenoxy) is 2. The van der Waals surface area contributed by atoms with Gasteiger partial charge in [-0.1, -0.05) is 6.08 Å². The van der Waals surface area contributed by atoms with Crippen LogP contribution in [0, 0.1) is 0 Å². The van der Waals surface area contributed by atoms with Gasteiger partial charge in [0.25, 0.3) is 0 Å². The average Bonchev–Trinajstić information content (AvgIpc) is 2.64. The molecule has 0 saturated heterocycles. The number of allylic oxidation sites excluding steroid dienone is 1. The van der Waals surface area contributed by atoms with Crippen molar-refractivity contribution in [2.75, 3.05) is 20.8 Å². The predicted molar refractivity (Wildman–Crippen MR) is 88.9 cm³/mol. The molecule has 0 spiro atoms. The normalized spacial score (nSPS) is 15.8. The van der Waals surface area contributed by atoms with E-state index in [4.69, 9.17) is 14.6 Å². The van der Waals surface area contributed by atoms with Crippen molar-refractivity contribution < 1.29 is 39.8 Å². The van der Waals surface area contributed by atoms with E-state index in [1.165, 1.54) is 14.2 Å². The molecule has 8 nitrogen and oxygen atoms in total. The Morgan fingerprint density at radius 2 is 1.64 bits per heavy atom. The minimum Gasteiger partial charge on any atom is -0.496 e. The number of rotatable bonds is 10. The zero-order valence-electron chi connectivity index (χ0n) is 14.1. The maximum absolute atomic E-state index is 12.6. The van der Waals surface area contributed by atoms with Gasteiger partial charge in [0.1, 0.15) is 41.5 Å². The van der Waals surface area contributed by atoms with E-state index >= 15 is 0 Å². The van der Waals surface area contributed by atoms with E-state index in [0.717, 1.165) is 5.56 Å². The number of aliphatic hydroxyl groups excluding tert-OH is 5. The molecule has 0 fully saturated rings. The van der Waals surface area contributed by atoms with E-state index in [9.17, 15) is 25.2 Å². The van der Waals surface area contributed by atoms with Gasteiger partial charge in [-0.2, -0.15) is 0 Å². The predicted octanol–water partition coefficient (Wildman–Crippen LogP) is -0.949. The van der Waals surface area contributed by atoms with Crippen LogP contribution in [0.25, 0.3) is 0 Å². The van der Waals surface area contributed by atoms with Crippen LogP contribution in [0.3, 0.4) is 0 Å². The Balaban J connectivity index is 3.24. The zero-order valence-corrected chi connectivity index (χ0v) is 14.1. The third-order valence-electron chi connectivity index (χ3n) is 3.72. The van der Waals surface area contributed by atoms with Gasteiger partial charge in [0.15, 0.2) is 0 Å². The summed E-state index contributed by atoms with van der Waals surface area (Å²) in [6, 6.07) is 3.13. The van der Waals surface area contributed by atoms with Crippen LogP contribution in [0.15, 0.2) is 24.8 Å². The molecule has 4 atom stereocenters. The molecule has 0 aromatic heterocycles. The molecule has 1 aromatic rings. The number of hydrogen-bond acceptors (Lipinski definition) is 8. The molecular weight excluding hydrogens is 332 g/mol. The summed E-state index contributed by atoms with van der Waals surface area (Å²) in [5.41, 5.74) is 0.640. The SMILES string of the molecule is C=CCc1cc(OC)c(C(=O)[C@H](O)[C@@H](O)[C@H](O)[C@H](O)CO)c(OC)c1. The fourth-order valence-corrected chi connectivity index (χ4v) is 2.32. The van der Waals surface area contributed by atoms with E-state index in [2.05, 4.69) is 6.58 Å². The lowest BCUT2D eigenvalue weighted by molar-refractivity contribution is -0.105. The first kappa shape index (κ1) is 21.1. The molecule has 0 aliphatic rings. The summed E-state index contributed by atoms with van der Waals surface area (Å²) in [4.78, 5) is 12.6. The van der Waals surface area contributed by atoms with E-state index in [1.54, 1.807) is 18.2 Å². The number of carbonyl (C=O) groups is 1. The minimum absolute atomic E-state index is 0.115. The van der Waals surface area contributed by atoms with Crippen molar-refractivity contribution in [2.24, 2.45) is 0 Å². The highest BCUT2D eigenvalue weighted by Gasteiger charge is 2.36. The molecule has 25 heavy (non-hydrogen) atoms. The van der Waals surface area contributed by atoms with Crippen LogP contribution in [-0.4, -0.2) is 76.6 Å². The van der Waals surface area contributed by atoms with Gasteiger partial charge in [-0.25, -0.2) is 0 Å². The van der Waals surface area contributed by atoms with Gasteiger partial charge >= 0.3 is 0 Å². The molecule has 0 aliphatic carbocycles. The van der Waals surface area contributed by atoms with Crippen LogP contribution in [0.1, 0.15) is 15.9 Å². The molecule has 8 heteroatoms. The molecule has 0 aliphatic heterocycles. The summed E-state index contributed by atoms with van der Waals surface area (Å²) in [5, 5.41) is 47.8. The van der Waals surface area contributed by atoms with Crippen LogP contribution < -0.4 is 9.47 Å². The maximum atomic E-state index is 12.6. The number of benzene rings is 1. The summed E-state index contributed by atoms with van der Waals surface area (Å²) in [6.45, 7) is 2.78. The van der Waals surface area contributed by atoms with Crippen molar-refractivity contribution >= 4 is 5.78 Å². The number of ketones is 1. The highest BCUT2D eigenvalue weighted by molar-refractivity contribution is 6.04. The lowest BCUT2D eigenvalue weighted by Crippen LogP contribution is -2.48. The second-order valence-corrected chi connectivity index (χ2v) is 5.41. The van der Waals surface area contributed by atoms with Crippen molar-refractivity contribution in [1.82, 2.24) is 0 Å². The largest absolute Gasteiger partial charge is 0.496 e. The summed E-state index contributed by atoms with van der Waals surface area (Å²) in [5.74, 6) is -0.732. The van der Waals surface area contributed by atoms with Gasteiger partial charge in [0.05, 0.1) is 20.8 Å². The van der Waals surface area contributed by atoms with Crippen molar-refractivity contribution in [3.05, 3.63) is 35.9 Å². The quantitative estimate of drug-likeness (QED) is 0.267. The highest BCUT2D eigenvalue weighted by Crippen LogP contribution is 2.32. The second-order valence-electron chi connectivity index (χ2n) is 5.41. The summed E-state index contributed by atoms with van der Waals surface area (Å²) >= 11 is 0. The fourth-order valence-electron chi connectivity index (χ4n) is 2.32. The number of aliphatic hydroxyl groups is 5. The topological polar surface area (TPSA) is 137 Å². The molecule has 0 saturated carbocycles. The fraction of sp³-hybridized carbons (Fsp3) is 0.471. The van der Waals surface area contributed by atoms with Crippen molar-refractivity contribution in [2.45, 2.75) is 30.8 Å². The monoisotopic (exact) mass is 356 g/mol. The van der Waals surface area contributed by atoms with Crippen LogP contribution in [-0.2, 0) is 6.42 Å². The smallest absolute Gasteiger partial charge is 0.201 e. The Labute approximate surface area is 145 Å². The van der Waals surface area contributed by atoms with Gasteiger partial charge < -0.3 is 35.0 Å². The summed E-state index contributed by atoms with van der Waals surface area (Å²) < 4.78 is 10.4. The Kier molecular flexibility index (Phi) is 8.01. The minimum atomic E-state index is -2.07. The van der Waals surface area contributed by atoms with E-state index in [1.807, 2.05) is 0 Å². The maximum Gasteiger partial charge on any atom is 0.201 e. The lowest BCUT2D eigenvalue weighted by atomic mass is 9.94. The molecule has 0 heterocycles. The third kappa shape index (κ3) is 4.77. The van der Waals surface area contributed by atoms with Crippen LogP contribution in [0.2, 0.25) is 0 Å². The molecule has 0 bridgehead atoms. The van der Waals surface area contributed by atoms with Gasteiger partial charge in [0, 0.05) is 0 Å².